The SMILES string of the molecule is COC(=O)c1cncc(Cl)c1Cl. The molecule has 3 nitrogen and oxygen atoms in total. The van der Waals surface area contributed by atoms with Crippen LogP contribution in [0.5, 0.6) is 0 Å². The van der Waals surface area contributed by atoms with Crippen molar-refractivity contribution in [2.45, 2.75) is 0 Å². The predicted octanol–water partition coefficient (Wildman–Crippen LogP) is 2.17. The van der Waals surface area contributed by atoms with E-state index < -0.39 is 5.97 Å². The van der Waals surface area contributed by atoms with Crippen LogP contribution in [0.25, 0.3) is 0 Å². The van der Waals surface area contributed by atoms with Crippen molar-refractivity contribution in [1.29, 1.82) is 0 Å². The summed E-state index contributed by atoms with van der Waals surface area (Å²) in [5, 5.41) is 0.401. The normalized spacial score (nSPS) is 9.58. The number of carbonyl (C=O) groups excluding carboxylic acids is 1. The van der Waals surface area contributed by atoms with E-state index in [2.05, 4.69) is 9.72 Å². The van der Waals surface area contributed by atoms with E-state index in [1.165, 1.54) is 19.5 Å². The number of rotatable bonds is 1. The molecule has 5 heteroatoms. The fourth-order valence-electron chi connectivity index (χ4n) is 0.672. The number of methoxy groups -OCH3 is 1. The van der Waals surface area contributed by atoms with Gasteiger partial charge in [0.05, 0.1) is 22.7 Å². The summed E-state index contributed by atoms with van der Waals surface area (Å²) in [6.45, 7) is 0. The topological polar surface area (TPSA) is 39.2 Å². The van der Waals surface area contributed by atoms with Crippen LogP contribution in [0.4, 0.5) is 0 Å². The van der Waals surface area contributed by atoms with Gasteiger partial charge in [-0.05, 0) is 0 Å². The summed E-state index contributed by atoms with van der Waals surface area (Å²) in [5.41, 5.74) is 0.173. The van der Waals surface area contributed by atoms with Crippen molar-refractivity contribution in [2.24, 2.45) is 0 Å². The Morgan fingerprint density at radius 1 is 1.50 bits per heavy atom. The van der Waals surface area contributed by atoms with Gasteiger partial charge in [-0.2, -0.15) is 0 Å². The molecule has 0 radical (unpaired) electrons. The Morgan fingerprint density at radius 2 is 2.17 bits per heavy atom. The number of halogens is 2. The van der Waals surface area contributed by atoms with Gasteiger partial charge in [-0.3, -0.25) is 4.98 Å². The Balaban J connectivity index is 3.16. The molecule has 0 atom stereocenters. The Bertz CT molecular complexity index is 314. The summed E-state index contributed by atoms with van der Waals surface area (Å²) in [5.74, 6) is -0.546. The first-order valence-corrected chi connectivity index (χ1v) is 3.79. The highest BCUT2D eigenvalue weighted by Crippen LogP contribution is 2.24. The zero-order valence-electron chi connectivity index (χ0n) is 6.17. The fourth-order valence-corrected chi connectivity index (χ4v) is 1.00. The molecule has 0 fully saturated rings. The molecule has 0 aromatic carbocycles. The lowest BCUT2D eigenvalue weighted by Gasteiger charge is -2.01. The lowest BCUT2D eigenvalue weighted by Crippen LogP contribution is -2.02. The Hall–Kier alpha value is -0.800. The fraction of sp³-hybridized carbons (Fsp3) is 0.143. The van der Waals surface area contributed by atoms with Crippen LogP contribution in [0.2, 0.25) is 10.0 Å². The molecule has 0 amide bonds. The molecule has 64 valence electrons. The lowest BCUT2D eigenvalue weighted by atomic mass is 10.3. The molecule has 1 aromatic heterocycles. The summed E-state index contributed by atoms with van der Waals surface area (Å²) in [6.07, 6.45) is 2.66. The van der Waals surface area contributed by atoms with E-state index in [1.807, 2.05) is 0 Å². The second-order valence-corrected chi connectivity index (χ2v) is 2.76. The van der Waals surface area contributed by atoms with E-state index >= 15 is 0 Å². The summed E-state index contributed by atoms with van der Waals surface area (Å²) in [4.78, 5) is 14.7. The highest BCUT2D eigenvalue weighted by atomic mass is 35.5. The van der Waals surface area contributed by atoms with Gasteiger partial charge in [-0.25, -0.2) is 4.79 Å². The Kier molecular flexibility index (Phi) is 2.89. The second-order valence-electron chi connectivity index (χ2n) is 1.97. The van der Waals surface area contributed by atoms with E-state index in [1.54, 1.807) is 0 Å². The maximum absolute atomic E-state index is 11.0. The molecule has 0 saturated carbocycles. The summed E-state index contributed by atoms with van der Waals surface area (Å²) >= 11 is 11.3. The van der Waals surface area contributed by atoms with Gasteiger partial charge in [0.25, 0.3) is 0 Å². The standard InChI is InChI=1S/C7H5Cl2NO2/c1-12-7(11)4-2-10-3-5(8)6(4)9/h2-3H,1H3. The Morgan fingerprint density at radius 3 is 2.75 bits per heavy atom. The number of pyridine rings is 1. The number of hydrogen-bond donors (Lipinski definition) is 0. The molecule has 0 aliphatic carbocycles. The minimum Gasteiger partial charge on any atom is -0.465 e. The molecule has 0 spiro atoms. The van der Waals surface area contributed by atoms with Crippen LogP contribution in [-0.2, 0) is 4.74 Å². The smallest absolute Gasteiger partial charge is 0.341 e. The van der Waals surface area contributed by atoms with Gasteiger partial charge in [0.2, 0.25) is 0 Å². The molecule has 0 saturated heterocycles. The third-order valence-electron chi connectivity index (χ3n) is 1.24. The van der Waals surface area contributed by atoms with Crippen molar-refractivity contribution >= 4 is 29.2 Å². The molecule has 0 bridgehead atoms. The lowest BCUT2D eigenvalue weighted by molar-refractivity contribution is 0.0600. The van der Waals surface area contributed by atoms with Crippen molar-refractivity contribution in [3.8, 4) is 0 Å². The van der Waals surface area contributed by atoms with Crippen molar-refractivity contribution in [1.82, 2.24) is 4.98 Å². The number of aromatic nitrogens is 1. The van der Waals surface area contributed by atoms with Crippen LogP contribution in [0.1, 0.15) is 10.4 Å². The van der Waals surface area contributed by atoms with Gasteiger partial charge in [0.1, 0.15) is 0 Å². The van der Waals surface area contributed by atoms with Gasteiger partial charge >= 0.3 is 5.97 Å². The van der Waals surface area contributed by atoms with Crippen LogP contribution >= 0.6 is 23.2 Å². The third-order valence-corrected chi connectivity index (χ3v) is 2.03. The van der Waals surface area contributed by atoms with Crippen molar-refractivity contribution in [3.63, 3.8) is 0 Å². The maximum atomic E-state index is 11.0. The number of ether oxygens (including phenoxy) is 1. The molecule has 1 heterocycles. The summed E-state index contributed by atoms with van der Waals surface area (Å²) < 4.78 is 4.45. The molecule has 12 heavy (non-hydrogen) atoms. The van der Waals surface area contributed by atoms with Gasteiger partial charge in [-0.15, -0.1) is 0 Å². The van der Waals surface area contributed by atoms with Gasteiger partial charge in [0, 0.05) is 12.4 Å². The number of hydrogen-bond acceptors (Lipinski definition) is 3. The minimum atomic E-state index is -0.546. The zero-order chi connectivity index (χ0) is 9.14. The molecule has 0 unspecified atom stereocenters. The van der Waals surface area contributed by atoms with Crippen LogP contribution in [-0.4, -0.2) is 18.1 Å². The van der Waals surface area contributed by atoms with Crippen molar-refractivity contribution in [2.75, 3.05) is 7.11 Å². The second kappa shape index (κ2) is 3.74. The van der Waals surface area contributed by atoms with Crippen molar-refractivity contribution < 1.29 is 9.53 Å². The van der Waals surface area contributed by atoms with Crippen LogP contribution in [0.3, 0.4) is 0 Å². The highest BCUT2D eigenvalue weighted by molar-refractivity contribution is 6.43. The number of nitrogens with zero attached hydrogens (tertiary/aromatic N) is 1. The number of esters is 1. The maximum Gasteiger partial charge on any atom is 0.341 e. The molecule has 1 aromatic rings. The monoisotopic (exact) mass is 205 g/mol. The molecule has 0 N–H and O–H groups in total. The predicted molar refractivity (Wildman–Crippen MR) is 45.6 cm³/mol. The van der Waals surface area contributed by atoms with Gasteiger partial charge in [0.15, 0.2) is 0 Å². The highest BCUT2D eigenvalue weighted by Gasteiger charge is 2.12. The van der Waals surface area contributed by atoms with E-state index in [0.29, 0.717) is 0 Å². The van der Waals surface area contributed by atoms with Crippen LogP contribution in [0.15, 0.2) is 12.4 Å². The van der Waals surface area contributed by atoms with E-state index in [-0.39, 0.29) is 15.6 Å². The molecule has 0 aliphatic rings. The van der Waals surface area contributed by atoms with E-state index in [9.17, 15) is 4.79 Å². The largest absolute Gasteiger partial charge is 0.465 e. The van der Waals surface area contributed by atoms with Crippen molar-refractivity contribution in [3.05, 3.63) is 28.0 Å². The average Bonchev–Trinajstić information content (AvgIpc) is 2.08. The molecule has 0 aliphatic heterocycles. The first-order valence-electron chi connectivity index (χ1n) is 3.04. The molecular formula is C7H5Cl2NO2. The zero-order valence-corrected chi connectivity index (χ0v) is 7.69. The summed E-state index contributed by atoms with van der Waals surface area (Å²) in [6, 6.07) is 0. The molecular weight excluding hydrogens is 201 g/mol. The molecule has 1 rings (SSSR count). The Labute approximate surface area is 79.3 Å². The van der Waals surface area contributed by atoms with E-state index in [4.69, 9.17) is 23.2 Å². The minimum absolute atomic E-state index is 0.165. The van der Waals surface area contributed by atoms with E-state index in [0.717, 1.165) is 0 Å². The summed E-state index contributed by atoms with van der Waals surface area (Å²) in [7, 11) is 1.26. The third kappa shape index (κ3) is 1.68. The first-order chi connectivity index (χ1) is 5.66. The van der Waals surface area contributed by atoms with Crippen LogP contribution < -0.4 is 0 Å². The van der Waals surface area contributed by atoms with Gasteiger partial charge in [-0.1, -0.05) is 23.2 Å². The number of carbonyl (C=O) groups is 1. The quantitative estimate of drug-likeness (QED) is 0.661. The van der Waals surface area contributed by atoms with Gasteiger partial charge < -0.3 is 4.74 Å². The van der Waals surface area contributed by atoms with Crippen LogP contribution in [0, 0.1) is 0 Å². The average molecular weight is 206 g/mol. The first kappa shape index (κ1) is 9.29.